The SMILES string of the molecule is CCCN(CC)c1ccc2c(c1)N(C)C(=O)C2=O. The predicted octanol–water partition coefficient (Wildman–Crippen LogP) is 2.08. The molecule has 96 valence electrons. The maximum atomic E-state index is 11.7. The number of hydrogen-bond donors (Lipinski definition) is 0. The van der Waals surface area contributed by atoms with Gasteiger partial charge >= 0.3 is 0 Å². The van der Waals surface area contributed by atoms with E-state index in [2.05, 4.69) is 18.7 Å². The van der Waals surface area contributed by atoms with Gasteiger partial charge in [-0.3, -0.25) is 9.59 Å². The molecule has 0 radical (unpaired) electrons. The lowest BCUT2D eigenvalue weighted by atomic mass is 10.1. The fraction of sp³-hybridized carbons (Fsp3) is 0.429. The molecule has 1 amide bonds. The minimum atomic E-state index is -0.444. The molecule has 2 rings (SSSR count). The lowest BCUT2D eigenvalue weighted by molar-refractivity contribution is -0.114. The first-order chi connectivity index (χ1) is 8.60. The second-order valence-electron chi connectivity index (χ2n) is 4.47. The van der Waals surface area contributed by atoms with Gasteiger partial charge in [0, 0.05) is 25.8 Å². The van der Waals surface area contributed by atoms with E-state index in [9.17, 15) is 9.59 Å². The molecule has 0 saturated carbocycles. The largest absolute Gasteiger partial charge is 0.372 e. The first-order valence-corrected chi connectivity index (χ1v) is 6.31. The van der Waals surface area contributed by atoms with Gasteiger partial charge < -0.3 is 9.80 Å². The third-order valence-electron chi connectivity index (χ3n) is 3.33. The van der Waals surface area contributed by atoms with Crippen molar-refractivity contribution in [3.8, 4) is 0 Å². The zero-order valence-electron chi connectivity index (χ0n) is 11.1. The zero-order valence-corrected chi connectivity index (χ0v) is 11.1. The lowest BCUT2D eigenvalue weighted by Gasteiger charge is -2.23. The summed E-state index contributed by atoms with van der Waals surface area (Å²) in [5, 5.41) is 0. The zero-order chi connectivity index (χ0) is 13.3. The van der Waals surface area contributed by atoms with Crippen LogP contribution in [-0.2, 0) is 4.79 Å². The van der Waals surface area contributed by atoms with E-state index < -0.39 is 11.7 Å². The number of likely N-dealkylation sites (N-methyl/N-ethyl adjacent to an activating group) is 1. The highest BCUT2D eigenvalue weighted by Crippen LogP contribution is 2.31. The number of fused-ring (bicyclic) bond motifs is 1. The van der Waals surface area contributed by atoms with Gasteiger partial charge in [-0.1, -0.05) is 6.92 Å². The van der Waals surface area contributed by atoms with Crippen LogP contribution in [0.1, 0.15) is 30.6 Å². The summed E-state index contributed by atoms with van der Waals surface area (Å²) < 4.78 is 0. The van der Waals surface area contributed by atoms with E-state index in [0.29, 0.717) is 5.56 Å². The third-order valence-corrected chi connectivity index (χ3v) is 3.33. The smallest absolute Gasteiger partial charge is 0.299 e. The molecule has 1 aliphatic rings. The average Bonchev–Trinajstić information content (AvgIpc) is 2.61. The van der Waals surface area contributed by atoms with Crippen LogP contribution in [0.15, 0.2) is 18.2 Å². The van der Waals surface area contributed by atoms with E-state index in [4.69, 9.17) is 0 Å². The summed E-state index contributed by atoms with van der Waals surface area (Å²) in [6.45, 7) is 6.12. The van der Waals surface area contributed by atoms with Crippen molar-refractivity contribution >= 4 is 23.1 Å². The van der Waals surface area contributed by atoms with Crippen molar-refractivity contribution in [1.29, 1.82) is 0 Å². The van der Waals surface area contributed by atoms with Crippen LogP contribution in [0.25, 0.3) is 0 Å². The second-order valence-corrected chi connectivity index (χ2v) is 4.47. The molecular formula is C14H18N2O2. The molecule has 1 aliphatic heterocycles. The number of ketones is 1. The van der Waals surface area contributed by atoms with E-state index in [-0.39, 0.29) is 0 Å². The highest BCUT2D eigenvalue weighted by atomic mass is 16.2. The Hall–Kier alpha value is -1.84. The number of carbonyl (C=O) groups excluding carboxylic acids is 2. The first-order valence-electron chi connectivity index (χ1n) is 6.31. The van der Waals surface area contributed by atoms with Crippen molar-refractivity contribution in [2.24, 2.45) is 0 Å². The molecule has 4 nitrogen and oxygen atoms in total. The van der Waals surface area contributed by atoms with E-state index in [1.807, 2.05) is 12.1 Å². The predicted molar refractivity (Wildman–Crippen MR) is 72.4 cm³/mol. The maximum Gasteiger partial charge on any atom is 0.299 e. The van der Waals surface area contributed by atoms with E-state index in [0.717, 1.165) is 30.9 Å². The third kappa shape index (κ3) is 1.88. The normalized spacial score (nSPS) is 14.1. The number of carbonyl (C=O) groups is 2. The van der Waals surface area contributed by atoms with Gasteiger partial charge in [-0.25, -0.2) is 0 Å². The van der Waals surface area contributed by atoms with Crippen LogP contribution < -0.4 is 9.80 Å². The Morgan fingerprint density at radius 3 is 2.56 bits per heavy atom. The standard InChI is InChI=1S/C14H18N2O2/c1-4-8-16(5-2)10-6-7-11-12(9-10)15(3)14(18)13(11)17/h6-7,9H,4-5,8H2,1-3H3. The van der Waals surface area contributed by atoms with Crippen molar-refractivity contribution in [3.05, 3.63) is 23.8 Å². The van der Waals surface area contributed by atoms with Crippen molar-refractivity contribution in [3.63, 3.8) is 0 Å². The van der Waals surface area contributed by atoms with Crippen molar-refractivity contribution in [2.45, 2.75) is 20.3 Å². The Morgan fingerprint density at radius 1 is 1.22 bits per heavy atom. The number of benzene rings is 1. The molecule has 18 heavy (non-hydrogen) atoms. The van der Waals surface area contributed by atoms with Gasteiger partial charge in [0.15, 0.2) is 0 Å². The van der Waals surface area contributed by atoms with Gasteiger partial charge in [-0.15, -0.1) is 0 Å². The van der Waals surface area contributed by atoms with E-state index in [1.54, 1.807) is 13.1 Å². The Morgan fingerprint density at radius 2 is 1.94 bits per heavy atom. The first kappa shape index (κ1) is 12.6. The average molecular weight is 246 g/mol. The van der Waals surface area contributed by atoms with Gasteiger partial charge in [0.05, 0.1) is 11.3 Å². The summed E-state index contributed by atoms with van der Waals surface area (Å²) in [5.74, 6) is -0.849. The Balaban J connectivity index is 2.39. The molecule has 0 bridgehead atoms. The van der Waals surface area contributed by atoms with Gasteiger partial charge in [0.2, 0.25) is 0 Å². The molecule has 1 aromatic rings. The topological polar surface area (TPSA) is 40.6 Å². The molecule has 0 saturated heterocycles. The van der Waals surface area contributed by atoms with Crippen molar-refractivity contribution < 1.29 is 9.59 Å². The number of anilines is 2. The highest BCUT2D eigenvalue weighted by Gasteiger charge is 2.33. The number of rotatable bonds is 4. The summed E-state index contributed by atoms with van der Waals surface area (Å²) in [4.78, 5) is 26.9. The molecule has 0 N–H and O–H groups in total. The highest BCUT2D eigenvalue weighted by molar-refractivity contribution is 6.52. The molecule has 0 atom stereocenters. The summed E-state index contributed by atoms with van der Waals surface area (Å²) in [7, 11) is 1.64. The van der Waals surface area contributed by atoms with Crippen LogP contribution in [0.3, 0.4) is 0 Å². The maximum absolute atomic E-state index is 11.7. The molecule has 0 spiro atoms. The van der Waals surface area contributed by atoms with Crippen molar-refractivity contribution in [1.82, 2.24) is 0 Å². The van der Waals surface area contributed by atoms with Crippen LogP contribution in [0, 0.1) is 0 Å². The molecular weight excluding hydrogens is 228 g/mol. The monoisotopic (exact) mass is 246 g/mol. The molecule has 0 aromatic heterocycles. The van der Waals surface area contributed by atoms with Crippen LogP contribution in [0.4, 0.5) is 11.4 Å². The summed E-state index contributed by atoms with van der Waals surface area (Å²) in [5.41, 5.74) is 2.29. The minimum Gasteiger partial charge on any atom is -0.372 e. The van der Waals surface area contributed by atoms with Crippen LogP contribution in [0.5, 0.6) is 0 Å². The fourth-order valence-electron chi connectivity index (χ4n) is 2.30. The van der Waals surface area contributed by atoms with Crippen LogP contribution in [0.2, 0.25) is 0 Å². The number of hydrogen-bond acceptors (Lipinski definition) is 3. The summed E-state index contributed by atoms with van der Waals surface area (Å²) in [6, 6.07) is 5.60. The molecule has 1 aromatic carbocycles. The van der Waals surface area contributed by atoms with Crippen LogP contribution in [-0.4, -0.2) is 31.8 Å². The number of Topliss-reactive ketones (excluding diaryl/α,β-unsaturated/α-hetero) is 1. The molecule has 0 aliphatic carbocycles. The summed E-state index contributed by atoms with van der Waals surface area (Å²) >= 11 is 0. The summed E-state index contributed by atoms with van der Waals surface area (Å²) in [6.07, 6.45) is 1.07. The molecule has 1 heterocycles. The number of amides is 1. The molecule has 4 heteroatoms. The number of nitrogens with zero attached hydrogens (tertiary/aromatic N) is 2. The lowest BCUT2D eigenvalue weighted by Crippen LogP contribution is -2.25. The van der Waals surface area contributed by atoms with Gasteiger partial charge in [-0.05, 0) is 31.5 Å². The van der Waals surface area contributed by atoms with Crippen molar-refractivity contribution in [2.75, 3.05) is 29.9 Å². The van der Waals surface area contributed by atoms with E-state index in [1.165, 1.54) is 4.90 Å². The van der Waals surface area contributed by atoms with Gasteiger partial charge in [0.25, 0.3) is 11.7 Å². The Bertz CT molecular complexity index is 497. The Kier molecular flexibility index (Phi) is 3.36. The molecule has 0 fully saturated rings. The van der Waals surface area contributed by atoms with Crippen LogP contribution >= 0.6 is 0 Å². The Labute approximate surface area is 107 Å². The second kappa shape index (κ2) is 4.80. The molecule has 0 unspecified atom stereocenters. The fourth-order valence-corrected chi connectivity index (χ4v) is 2.30. The quantitative estimate of drug-likeness (QED) is 0.764. The van der Waals surface area contributed by atoms with Gasteiger partial charge in [0.1, 0.15) is 0 Å². The van der Waals surface area contributed by atoms with E-state index >= 15 is 0 Å². The minimum absolute atomic E-state index is 0.405. The van der Waals surface area contributed by atoms with Gasteiger partial charge in [-0.2, -0.15) is 0 Å².